The Bertz CT molecular complexity index is 1120. The highest BCUT2D eigenvalue weighted by atomic mass is 32.1. The summed E-state index contributed by atoms with van der Waals surface area (Å²) in [6.45, 7) is 11.5. The topological polar surface area (TPSA) is 83.0 Å². The van der Waals surface area contributed by atoms with Crippen molar-refractivity contribution in [3.63, 3.8) is 0 Å². The fraction of sp³-hybridized carbons (Fsp3) is 0.519. The molecule has 1 aromatic carbocycles. The molecule has 182 valence electrons. The lowest BCUT2D eigenvalue weighted by molar-refractivity contribution is 0.217. The zero-order valence-electron chi connectivity index (χ0n) is 21.0. The summed E-state index contributed by atoms with van der Waals surface area (Å²) in [5, 5.41) is 17.8. The number of hydrogen-bond donors (Lipinski definition) is 3. The van der Waals surface area contributed by atoms with E-state index < -0.39 is 0 Å². The largest absolute Gasteiger partial charge is 0.396 e. The first kappa shape index (κ1) is 24.6. The van der Waals surface area contributed by atoms with Crippen LogP contribution >= 0.6 is 11.3 Å². The number of aryl methyl sites for hydroxylation is 4. The molecule has 2 heterocycles. The first-order chi connectivity index (χ1) is 16.4. The van der Waals surface area contributed by atoms with Crippen LogP contribution in [-0.4, -0.2) is 33.2 Å². The molecular weight excluding hydrogens is 442 g/mol. The van der Waals surface area contributed by atoms with Gasteiger partial charge in [-0.3, -0.25) is 0 Å². The molecule has 0 aliphatic heterocycles. The summed E-state index contributed by atoms with van der Waals surface area (Å²) in [6, 6.07) is 8.75. The molecule has 1 aliphatic carbocycles. The fourth-order valence-corrected chi connectivity index (χ4v) is 5.49. The molecule has 1 saturated carbocycles. The number of aromatic nitrogens is 3. The van der Waals surface area contributed by atoms with Gasteiger partial charge >= 0.3 is 0 Å². The van der Waals surface area contributed by atoms with Gasteiger partial charge in [-0.1, -0.05) is 50.1 Å². The van der Waals surface area contributed by atoms with E-state index >= 15 is 0 Å². The van der Waals surface area contributed by atoms with E-state index in [9.17, 15) is 5.11 Å². The lowest BCUT2D eigenvalue weighted by atomic mass is 10.0. The van der Waals surface area contributed by atoms with Crippen molar-refractivity contribution in [2.45, 2.75) is 72.3 Å². The molecule has 0 bridgehead atoms. The van der Waals surface area contributed by atoms with Gasteiger partial charge in [-0.25, -0.2) is 9.97 Å². The van der Waals surface area contributed by atoms with Crippen LogP contribution in [-0.2, 0) is 12.0 Å². The Morgan fingerprint density at radius 2 is 1.79 bits per heavy atom. The zero-order valence-corrected chi connectivity index (χ0v) is 21.9. The van der Waals surface area contributed by atoms with Gasteiger partial charge < -0.3 is 15.7 Å². The smallest absolute Gasteiger partial charge is 0.225 e. The molecule has 0 spiro atoms. The predicted octanol–water partition coefficient (Wildman–Crippen LogP) is 6.01. The van der Waals surface area contributed by atoms with E-state index in [2.05, 4.69) is 62.6 Å². The Hall–Kier alpha value is -2.51. The van der Waals surface area contributed by atoms with Crippen LogP contribution in [0.2, 0.25) is 0 Å². The third-order valence-corrected chi connectivity index (χ3v) is 7.95. The van der Waals surface area contributed by atoms with Crippen LogP contribution in [0.1, 0.15) is 66.9 Å². The van der Waals surface area contributed by atoms with Crippen LogP contribution in [0, 0.1) is 26.7 Å². The highest BCUT2D eigenvalue weighted by molar-refractivity contribution is 7.15. The second kappa shape index (κ2) is 10.4. The molecule has 1 aliphatic rings. The average molecular weight is 480 g/mol. The molecule has 0 radical (unpaired) electrons. The molecule has 4 rings (SSSR count). The molecule has 34 heavy (non-hydrogen) atoms. The minimum Gasteiger partial charge on any atom is -0.396 e. The van der Waals surface area contributed by atoms with E-state index in [0.717, 1.165) is 66.4 Å². The van der Waals surface area contributed by atoms with Gasteiger partial charge in [0, 0.05) is 18.0 Å². The molecule has 1 unspecified atom stereocenters. The number of rotatable bonds is 11. The van der Waals surface area contributed by atoms with E-state index in [1.807, 2.05) is 6.92 Å². The van der Waals surface area contributed by atoms with Crippen molar-refractivity contribution >= 4 is 23.1 Å². The fourth-order valence-electron chi connectivity index (χ4n) is 4.39. The molecular formula is C27H37N5OS. The van der Waals surface area contributed by atoms with E-state index in [0.29, 0.717) is 11.9 Å². The van der Waals surface area contributed by atoms with Crippen molar-refractivity contribution in [1.82, 2.24) is 15.0 Å². The molecule has 3 N–H and O–H groups in total. The third kappa shape index (κ3) is 5.26. The number of anilines is 2. The van der Waals surface area contributed by atoms with Crippen LogP contribution in [0.3, 0.4) is 0 Å². The third-order valence-electron chi connectivity index (χ3n) is 6.92. The van der Waals surface area contributed by atoms with Crippen molar-refractivity contribution in [3.05, 3.63) is 51.7 Å². The normalized spacial score (nSPS) is 15.2. The maximum atomic E-state index is 9.59. The number of aliphatic hydroxyl groups excluding tert-OH is 1. The van der Waals surface area contributed by atoms with Gasteiger partial charge in [0.1, 0.15) is 10.8 Å². The molecule has 1 fully saturated rings. The van der Waals surface area contributed by atoms with Crippen LogP contribution in [0.4, 0.5) is 11.8 Å². The van der Waals surface area contributed by atoms with Gasteiger partial charge in [-0.2, -0.15) is 4.98 Å². The highest BCUT2D eigenvalue weighted by Gasteiger charge is 2.45. The summed E-state index contributed by atoms with van der Waals surface area (Å²) in [5.41, 5.74) is 5.50. The Labute approximate surface area is 207 Å². The maximum Gasteiger partial charge on any atom is 0.225 e. The lowest BCUT2D eigenvalue weighted by Gasteiger charge is -2.21. The monoisotopic (exact) mass is 479 g/mol. The van der Waals surface area contributed by atoms with Gasteiger partial charge in [-0.05, 0) is 57.9 Å². The van der Waals surface area contributed by atoms with Crippen LogP contribution in [0.5, 0.6) is 0 Å². The number of thiazole rings is 1. The maximum absolute atomic E-state index is 9.59. The van der Waals surface area contributed by atoms with Crippen LogP contribution < -0.4 is 10.6 Å². The number of hydrogen-bond acceptors (Lipinski definition) is 7. The molecule has 1 atom stereocenters. The van der Waals surface area contributed by atoms with Crippen molar-refractivity contribution < 1.29 is 5.11 Å². The van der Waals surface area contributed by atoms with Crippen LogP contribution in [0.15, 0.2) is 24.3 Å². The van der Waals surface area contributed by atoms with E-state index in [1.54, 1.807) is 11.3 Å². The number of benzene rings is 1. The summed E-state index contributed by atoms with van der Waals surface area (Å²) in [6.07, 6.45) is 4.92. The molecule has 0 amide bonds. The summed E-state index contributed by atoms with van der Waals surface area (Å²) in [7, 11) is 0. The summed E-state index contributed by atoms with van der Waals surface area (Å²) < 4.78 is 0. The predicted molar refractivity (Wildman–Crippen MR) is 142 cm³/mol. The van der Waals surface area contributed by atoms with Gasteiger partial charge in [0.25, 0.3) is 0 Å². The molecule has 3 aromatic rings. The number of aliphatic hydroxyl groups is 1. The average Bonchev–Trinajstić information content (AvgIpc) is 3.50. The Kier molecular flexibility index (Phi) is 7.53. The minimum absolute atomic E-state index is 0.0870. The van der Waals surface area contributed by atoms with Gasteiger partial charge in [0.15, 0.2) is 0 Å². The summed E-state index contributed by atoms with van der Waals surface area (Å²) in [4.78, 5) is 16.0. The number of nitrogens with one attached hydrogen (secondary N) is 2. The van der Waals surface area contributed by atoms with E-state index in [1.165, 1.54) is 16.0 Å². The van der Waals surface area contributed by atoms with E-state index in [-0.39, 0.29) is 12.1 Å². The minimum atomic E-state index is -0.0870. The van der Waals surface area contributed by atoms with Crippen molar-refractivity contribution in [2.24, 2.45) is 5.92 Å². The molecule has 0 saturated heterocycles. The second-order valence-electron chi connectivity index (χ2n) is 9.48. The van der Waals surface area contributed by atoms with Gasteiger partial charge in [0.2, 0.25) is 5.95 Å². The van der Waals surface area contributed by atoms with Crippen molar-refractivity contribution in [3.8, 4) is 10.6 Å². The Morgan fingerprint density at radius 1 is 1.06 bits per heavy atom. The summed E-state index contributed by atoms with van der Waals surface area (Å²) in [5.74, 6) is 1.76. The SMILES string of the molecule is CCc1nc(-c2c(C)nc(NC3(c4ccc(C)cc4)CC3)nc2NCCC(CC)CO)sc1C. The quantitative estimate of drug-likeness (QED) is 0.312. The van der Waals surface area contributed by atoms with E-state index in [4.69, 9.17) is 15.0 Å². The second-order valence-corrected chi connectivity index (χ2v) is 10.7. The van der Waals surface area contributed by atoms with Gasteiger partial charge in [0.05, 0.1) is 22.5 Å². The standard InChI is InChI=1S/C27H37N5OS/c1-6-20(16-33)12-15-28-24-23(25-30-22(7-2)19(5)34-25)18(4)29-26(31-24)32-27(13-14-27)21-10-8-17(3)9-11-21/h8-11,20,33H,6-7,12-16H2,1-5H3,(H2,28,29,31,32). The van der Waals surface area contributed by atoms with Crippen molar-refractivity contribution in [2.75, 3.05) is 23.8 Å². The highest BCUT2D eigenvalue weighted by Crippen LogP contribution is 2.48. The number of nitrogens with zero attached hydrogens (tertiary/aromatic N) is 3. The lowest BCUT2D eigenvalue weighted by Crippen LogP contribution is -2.21. The molecule has 7 heteroatoms. The first-order valence-corrected chi connectivity index (χ1v) is 13.3. The van der Waals surface area contributed by atoms with Crippen LogP contribution in [0.25, 0.3) is 10.6 Å². The molecule has 6 nitrogen and oxygen atoms in total. The Morgan fingerprint density at radius 3 is 2.38 bits per heavy atom. The molecule has 2 aromatic heterocycles. The zero-order chi connectivity index (χ0) is 24.3. The summed E-state index contributed by atoms with van der Waals surface area (Å²) >= 11 is 1.71. The Balaban J connectivity index is 1.66. The first-order valence-electron chi connectivity index (χ1n) is 12.4. The van der Waals surface area contributed by atoms with Crippen molar-refractivity contribution in [1.29, 1.82) is 0 Å². The van der Waals surface area contributed by atoms with Gasteiger partial charge in [-0.15, -0.1) is 11.3 Å².